The lowest BCUT2D eigenvalue weighted by Crippen LogP contribution is -2.34. The van der Waals surface area contributed by atoms with Gasteiger partial charge >= 0.3 is 5.97 Å². The van der Waals surface area contributed by atoms with E-state index in [1.54, 1.807) is 31.2 Å². The number of rotatable bonds is 4. The molecule has 0 saturated heterocycles. The number of halogens is 2. The fraction of sp³-hybridized carbons (Fsp3) is 0.286. The molecule has 0 aliphatic heterocycles. The Balaban J connectivity index is 2.33. The highest BCUT2D eigenvalue weighted by Gasteiger charge is 2.39. The zero-order valence-corrected chi connectivity index (χ0v) is 16.5. The van der Waals surface area contributed by atoms with Gasteiger partial charge in [0.15, 0.2) is 21.5 Å². The van der Waals surface area contributed by atoms with Crippen LogP contribution in [0, 0.1) is 17.6 Å². The van der Waals surface area contributed by atoms with Gasteiger partial charge in [0.25, 0.3) is 0 Å². The predicted molar refractivity (Wildman–Crippen MR) is 104 cm³/mol. The molecular formula is C21H20F2O4S. The molecule has 7 heteroatoms. The minimum atomic E-state index is -3.59. The highest BCUT2D eigenvalue weighted by molar-refractivity contribution is 7.92. The molecule has 2 aliphatic carbocycles. The molecule has 0 radical (unpaired) electrons. The third-order valence-corrected chi connectivity index (χ3v) is 7.19. The molecule has 3 rings (SSSR count). The highest BCUT2D eigenvalue weighted by atomic mass is 32.2. The summed E-state index contributed by atoms with van der Waals surface area (Å²) in [6, 6.07) is 1.98. The van der Waals surface area contributed by atoms with Gasteiger partial charge in [0.2, 0.25) is 0 Å². The van der Waals surface area contributed by atoms with Gasteiger partial charge in [-0.05, 0) is 60.2 Å². The van der Waals surface area contributed by atoms with Crippen LogP contribution in [0.1, 0.15) is 31.4 Å². The van der Waals surface area contributed by atoms with Gasteiger partial charge in [-0.2, -0.15) is 0 Å². The van der Waals surface area contributed by atoms with Crippen molar-refractivity contribution in [3.8, 4) is 0 Å². The molecule has 0 saturated carbocycles. The average Bonchev–Trinajstić information content (AvgIpc) is 2.86. The maximum Gasteiger partial charge on any atom is 0.310 e. The van der Waals surface area contributed by atoms with Crippen molar-refractivity contribution in [2.24, 2.45) is 5.92 Å². The maximum atomic E-state index is 14.0. The van der Waals surface area contributed by atoms with E-state index in [9.17, 15) is 27.1 Å². The van der Waals surface area contributed by atoms with E-state index in [0.717, 1.165) is 18.4 Å². The second-order valence-corrected chi connectivity index (χ2v) is 9.49. The van der Waals surface area contributed by atoms with Crippen molar-refractivity contribution >= 4 is 27.0 Å². The number of carbonyl (C=O) groups is 1. The Bertz CT molecular complexity index is 1090. The molecule has 0 fully saturated rings. The molecular weight excluding hydrogens is 386 g/mol. The van der Waals surface area contributed by atoms with E-state index in [1.807, 2.05) is 0 Å². The van der Waals surface area contributed by atoms with Gasteiger partial charge in [0, 0.05) is 6.26 Å². The van der Waals surface area contributed by atoms with Gasteiger partial charge < -0.3 is 5.11 Å². The van der Waals surface area contributed by atoms with Crippen LogP contribution < -0.4 is 0 Å². The van der Waals surface area contributed by atoms with Crippen molar-refractivity contribution in [1.82, 2.24) is 0 Å². The number of carboxylic acid groups (broad SMARTS) is 1. The van der Waals surface area contributed by atoms with Crippen LogP contribution in [-0.4, -0.2) is 30.5 Å². The van der Waals surface area contributed by atoms with Crippen LogP contribution >= 0.6 is 0 Å². The summed E-state index contributed by atoms with van der Waals surface area (Å²) in [4.78, 5) is 11.6. The SMILES string of the molecule is CC1=C(C(C)C(=O)O)c2cc(F)c(F)cc2C1=CC1(S(C)(=O)=O)C=CC=CC1. The van der Waals surface area contributed by atoms with Crippen LogP contribution in [0.4, 0.5) is 8.78 Å². The van der Waals surface area contributed by atoms with Crippen LogP contribution in [-0.2, 0) is 14.6 Å². The Hall–Kier alpha value is -2.54. The monoisotopic (exact) mass is 406 g/mol. The minimum absolute atomic E-state index is 0.196. The summed E-state index contributed by atoms with van der Waals surface area (Å²) in [6.07, 6.45) is 9.48. The van der Waals surface area contributed by atoms with Crippen LogP contribution in [0.3, 0.4) is 0 Å². The Morgan fingerprint density at radius 3 is 2.32 bits per heavy atom. The van der Waals surface area contributed by atoms with E-state index in [1.165, 1.54) is 13.0 Å². The van der Waals surface area contributed by atoms with E-state index >= 15 is 0 Å². The number of sulfone groups is 1. The molecule has 148 valence electrons. The van der Waals surface area contributed by atoms with Crippen molar-refractivity contribution in [2.75, 3.05) is 6.26 Å². The first-order chi connectivity index (χ1) is 13.0. The van der Waals surface area contributed by atoms with Gasteiger partial charge in [-0.15, -0.1) is 0 Å². The maximum absolute atomic E-state index is 14.0. The van der Waals surface area contributed by atoms with Crippen molar-refractivity contribution in [1.29, 1.82) is 0 Å². The Morgan fingerprint density at radius 2 is 1.82 bits per heavy atom. The quantitative estimate of drug-likeness (QED) is 0.815. The number of hydrogen-bond donors (Lipinski definition) is 1. The Kier molecular flexibility index (Phi) is 4.91. The molecule has 2 unspecified atom stereocenters. The molecule has 1 aromatic carbocycles. The lowest BCUT2D eigenvalue weighted by molar-refractivity contribution is -0.139. The average molecular weight is 406 g/mol. The molecule has 4 nitrogen and oxygen atoms in total. The van der Waals surface area contributed by atoms with Gasteiger partial charge in [0.05, 0.1) is 5.92 Å². The summed E-state index contributed by atoms with van der Waals surface area (Å²) in [5.41, 5.74) is 1.83. The lowest BCUT2D eigenvalue weighted by Gasteiger charge is -2.27. The number of allylic oxidation sites excluding steroid dienone is 5. The van der Waals surface area contributed by atoms with E-state index in [-0.39, 0.29) is 12.0 Å². The summed E-state index contributed by atoms with van der Waals surface area (Å²) in [6.45, 7) is 3.11. The third-order valence-electron chi connectivity index (χ3n) is 5.39. The largest absolute Gasteiger partial charge is 0.481 e. The molecule has 0 bridgehead atoms. The standard InChI is InChI=1S/C21H20F2O4S/c1-12-16(11-21(28(3,26)27)7-5-4-6-8-21)14-9-17(22)18(23)10-15(14)19(12)13(2)20(24)25/h4-7,9-11,13H,8H2,1-3H3,(H,24,25). The van der Waals surface area contributed by atoms with E-state index < -0.39 is 38.1 Å². The van der Waals surface area contributed by atoms with E-state index in [2.05, 4.69) is 0 Å². The first kappa shape index (κ1) is 20.2. The Morgan fingerprint density at radius 1 is 1.21 bits per heavy atom. The van der Waals surface area contributed by atoms with Crippen LogP contribution in [0.2, 0.25) is 0 Å². The first-order valence-corrected chi connectivity index (χ1v) is 10.6. The zero-order chi connectivity index (χ0) is 20.9. The second-order valence-electron chi connectivity index (χ2n) is 7.19. The van der Waals surface area contributed by atoms with Crippen molar-refractivity contribution in [3.05, 3.63) is 70.8 Å². The molecule has 0 aromatic heterocycles. The fourth-order valence-electron chi connectivity index (χ4n) is 3.76. The normalized spacial score (nSPS) is 24.0. The minimum Gasteiger partial charge on any atom is -0.481 e. The number of fused-ring (bicyclic) bond motifs is 1. The lowest BCUT2D eigenvalue weighted by atomic mass is 9.92. The summed E-state index contributed by atoms with van der Waals surface area (Å²) < 4.78 is 51.7. The molecule has 0 amide bonds. The summed E-state index contributed by atoms with van der Waals surface area (Å²) in [5.74, 6) is -4.23. The van der Waals surface area contributed by atoms with Gasteiger partial charge in [0.1, 0.15) is 4.75 Å². The smallest absolute Gasteiger partial charge is 0.310 e. The molecule has 28 heavy (non-hydrogen) atoms. The highest BCUT2D eigenvalue weighted by Crippen LogP contribution is 2.47. The second kappa shape index (κ2) is 6.81. The van der Waals surface area contributed by atoms with Crippen molar-refractivity contribution in [3.63, 3.8) is 0 Å². The summed E-state index contributed by atoms with van der Waals surface area (Å²) >= 11 is 0. The fourth-order valence-corrected chi connectivity index (χ4v) is 4.82. The van der Waals surface area contributed by atoms with Crippen LogP contribution in [0.15, 0.2) is 48.1 Å². The van der Waals surface area contributed by atoms with Gasteiger partial charge in [-0.1, -0.05) is 30.4 Å². The molecule has 1 aromatic rings. The number of aliphatic carboxylic acids is 1. The van der Waals surface area contributed by atoms with Crippen molar-refractivity contribution in [2.45, 2.75) is 25.0 Å². The molecule has 1 N–H and O–H groups in total. The topological polar surface area (TPSA) is 71.4 Å². The number of carboxylic acids is 1. The molecule has 0 spiro atoms. The van der Waals surface area contributed by atoms with E-state index in [4.69, 9.17) is 0 Å². The van der Waals surface area contributed by atoms with Gasteiger partial charge in [-0.3, -0.25) is 4.79 Å². The number of benzene rings is 1. The molecule has 0 heterocycles. The van der Waals surface area contributed by atoms with E-state index in [0.29, 0.717) is 22.3 Å². The summed E-state index contributed by atoms with van der Waals surface area (Å²) in [5, 5.41) is 9.46. The number of hydrogen-bond acceptors (Lipinski definition) is 3. The zero-order valence-electron chi connectivity index (χ0n) is 15.7. The predicted octanol–water partition coefficient (Wildman–Crippen LogP) is 4.16. The van der Waals surface area contributed by atoms with Crippen LogP contribution in [0.5, 0.6) is 0 Å². The van der Waals surface area contributed by atoms with Crippen molar-refractivity contribution < 1.29 is 27.1 Å². The molecule has 2 aliphatic rings. The Labute approximate surface area is 162 Å². The summed E-state index contributed by atoms with van der Waals surface area (Å²) in [7, 11) is -3.59. The van der Waals surface area contributed by atoms with Gasteiger partial charge in [-0.25, -0.2) is 17.2 Å². The van der Waals surface area contributed by atoms with Crippen LogP contribution in [0.25, 0.3) is 11.1 Å². The first-order valence-electron chi connectivity index (χ1n) is 8.69. The third kappa shape index (κ3) is 3.13. The molecule has 2 atom stereocenters.